The van der Waals surface area contributed by atoms with Gasteiger partial charge in [-0.15, -0.1) is 11.3 Å². The van der Waals surface area contributed by atoms with Crippen molar-refractivity contribution in [3.8, 4) is 10.6 Å². The normalized spacial score (nSPS) is 10.8. The number of carbonyl (C=O) groups is 1. The number of hydrogen-bond acceptors (Lipinski definition) is 4. The van der Waals surface area contributed by atoms with Gasteiger partial charge in [-0.25, -0.2) is 4.98 Å². The molecule has 0 bridgehead atoms. The zero-order valence-corrected chi connectivity index (χ0v) is 11.9. The lowest BCUT2D eigenvalue weighted by Crippen LogP contribution is -2.14. The highest BCUT2D eigenvalue weighted by molar-refractivity contribution is 7.13. The molecule has 3 heterocycles. The Hall–Kier alpha value is -2.14. The Morgan fingerprint density at radius 2 is 2.30 bits per heavy atom. The van der Waals surface area contributed by atoms with Crippen LogP contribution in [0.2, 0.25) is 0 Å². The van der Waals surface area contributed by atoms with E-state index in [0.717, 1.165) is 21.6 Å². The molecular weight excluding hydrogens is 272 g/mol. The summed E-state index contributed by atoms with van der Waals surface area (Å²) in [5, 5.41) is 3.05. The topological polar surface area (TPSA) is 44.1 Å². The number of esters is 1. The van der Waals surface area contributed by atoms with Crippen molar-refractivity contribution in [2.75, 3.05) is 6.61 Å². The van der Waals surface area contributed by atoms with E-state index in [9.17, 15) is 4.79 Å². The second-order valence-corrected chi connectivity index (χ2v) is 5.26. The first-order valence-corrected chi connectivity index (χ1v) is 7.31. The number of pyridine rings is 1. The monoisotopic (exact) mass is 286 g/mol. The molecule has 0 radical (unpaired) electrons. The highest BCUT2D eigenvalue weighted by Gasteiger charge is 2.15. The average Bonchev–Trinajstić information content (AvgIpc) is 3.07. The lowest BCUT2D eigenvalue weighted by Gasteiger charge is -2.08. The predicted octanol–water partition coefficient (Wildman–Crippen LogP) is 3.33. The van der Waals surface area contributed by atoms with E-state index >= 15 is 0 Å². The van der Waals surface area contributed by atoms with Crippen molar-refractivity contribution in [2.24, 2.45) is 0 Å². The number of aromatic nitrogens is 2. The largest absolute Gasteiger partial charge is 0.465 e. The van der Waals surface area contributed by atoms with Crippen molar-refractivity contribution in [1.29, 1.82) is 0 Å². The van der Waals surface area contributed by atoms with Gasteiger partial charge in [0.15, 0.2) is 0 Å². The van der Waals surface area contributed by atoms with Gasteiger partial charge in [-0.1, -0.05) is 6.07 Å². The van der Waals surface area contributed by atoms with Crippen LogP contribution >= 0.6 is 11.3 Å². The molecule has 0 aromatic carbocycles. The lowest BCUT2D eigenvalue weighted by atomic mass is 10.3. The summed E-state index contributed by atoms with van der Waals surface area (Å²) < 4.78 is 6.97. The number of fused-ring (bicyclic) bond motifs is 1. The lowest BCUT2D eigenvalue weighted by molar-refractivity contribution is -0.143. The molecule has 4 nitrogen and oxygen atoms in total. The highest BCUT2D eigenvalue weighted by Crippen LogP contribution is 2.30. The van der Waals surface area contributed by atoms with E-state index in [2.05, 4.69) is 11.1 Å². The van der Waals surface area contributed by atoms with Gasteiger partial charge in [0.05, 0.1) is 17.2 Å². The number of ether oxygens (including phenoxy) is 1. The Kier molecular flexibility index (Phi) is 3.52. The minimum atomic E-state index is -0.242. The Bertz CT molecular complexity index is 732. The summed E-state index contributed by atoms with van der Waals surface area (Å²) in [5.74, 6) is -0.242. The number of nitrogens with zero attached hydrogens (tertiary/aromatic N) is 2. The summed E-state index contributed by atoms with van der Waals surface area (Å²) >= 11 is 1.65. The molecule has 0 saturated carbocycles. The minimum Gasteiger partial charge on any atom is -0.465 e. The number of carbonyl (C=O) groups excluding carboxylic acids is 1. The van der Waals surface area contributed by atoms with Crippen LogP contribution in [-0.4, -0.2) is 22.1 Å². The highest BCUT2D eigenvalue weighted by atomic mass is 32.1. The third kappa shape index (κ3) is 2.32. The molecule has 0 aliphatic rings. The summed E-state index contributed by atoms with van der Waals surface area (Å²) in [4.78, 5) is 17.3. The molecule has 0 amide bonds. The number of rotatable bonds is 4. The van der Waals surface area contributed by atoms with Gasteiger partial charge >= 0.3 is 5.97 Å². The summed E-state index contributed by atoms with van der Waals surface area (Å²) in [6, 6.07) is 10.0. The maximum atomic E-state index is 11.8. The Morgan fingerprint density at radius 1 is 1.40 bits per heavy atom. The third-order valence-electron chi connectivity index (χ3n) is 3.02. The van der Waals surface area contributed by atoms with Crippen LogP contribution in [0.5, 0.6) is 0 Å². The van der Waals surface area contributed by atoms with Gasteiger partial charge in [0, 0.05) is 11.6 Å². The molecule has 0 atom stereocenters. The van der Waals surface area contributed by atoms with E-state index in [4.69, 9.17) is 4.74 Å². The molecular formula is C15H14N2O2S. The van der Waals surface area contributed by atoms with Gasteiger partial charge in [-0.05, 0) is 36.6 Å². The molecule has 3 rings (SSSR count). The number of thiophene rings is 1. The van der Waals surface area contributed by atoms with Gasteiger partial charge < -0.3 is 9.30 Å². The molecule has 0 aliphatic carbocycles. The fourth-order valence-corrected chi connectivity index (χ4v) is 2.96. The maximum Gasteiger partial charge on any atom is 0.326 e. The van der Waals surface area contributed by atoms with Crippen molar-refractivity contribution in [2.45, 2.75) is 13.5 Å². The van der Waals surface area contributed by atoms with Crippen molar-refractivity contribution < 1.29 is 9.53 Å². The molecule has 0 N–H and O–H groups in total. The Morgan fingerprint density at radius 3 is 3.05 bits per heavy atom. The summed E-state index contributed by atoms with van der Waals surface area (Å²) in [6.07, 6.45) is 1.74. The predicted molar refractivity (Wildman–Crippen MR) is 79.7 cm³/mol. The van der Waals surface area contributed by atoms with E-state index in [1.165, 1.54) is 0 Å². The molecule has 102 valence electrons. The molecule has 0 aliphatic heterocycles. The average molecular weight is 286 g/mol. The van der Waals surface area contributed by atoms with Gasteiger partial charge in [-0.2, -0.15) is 0 Å². The molecule has 3 aromatic rings. The first-order valence-electron chi connectivity index (χ1n) is 6.43. The second kappa shape index (κ2) is 5.46. The maximum absolute atomic E-state index is 11.8. The van der Waals surface area contributed by atoms with Crippen LogP contribution in [0.4, 0.5) is 0 Å². The molecule has 0 spiro atoms. The summed E-state index contributed by atoms with van der Waals surface area (Å²) in [7, 11) is 0. The van der Waals surface area contributed by atoms with E-state index in [1.54, 1.807) is 17.5 Å². The fourth-order valence-electron chi connectivity index (χ4n) is 2.21. The first-order chi connectivity index (χ1) is 9.79. The van der Waals surface area contributed by atoms with Crippen LogP contribution in [0.25, 0.3) is 21.6 Å². The molecule has 5 heteroatoms. The van der Waals surface area contributed by atoms with E-state index in [1.807, 2.05) is 41.1 Å². The number of hydrogen-bond donors (Lipinski definition) is 0. The van der Waals surface area contributed by atoms with Gasteiger partial charge in [0.1, 0.15) is 12.2 Å². The van der Waals surface area contributed by atoms with E-state index in [-0.39, 0.29) is 12.5 Å². The fraction of sp³-hybridized carbons (Fsp3) is 0.200. The van der Waals surface area contributed by atoms with E-state index in [0.29, 0.717) is 6.61 Å². The van der Waals surface area contributed by atoms with Gasteiger partial charge in [0.2, 0.25) is 0 Å². The zero-order valence-electron chi connectivity index (χ0n) is 11.1. The molecule has 0 fully saturated rings. The molecule has 3 aromatic heterocycles. The molecule has 0 saturated heterocycles. The van der Waals surface area contributed by atoms with Crippen LogP contribution < -0.4 is 0 Å². The quantitative estimate of drug-likeness (QED) is 0.691. The van der Waals surface area contributed by atoms with Crippen LogP contribution in [0.1, 0.15) is 6.92 Å². The van der Waals surface area contributed by atoms with Crippen molar-refractivity contribution in [3.05, 3.63) is 41.9 Å². The second-order valence-electron chi connectivity index (χ2n) is 4.31. The van der Waals surface area contributed by atoms with Gasteiger partial charge in [0.25, 0.3) is 0 Å². The van der Waals surface area contributed by atoms with Crippen molar-refractivity contribution in [1.82, 2.24) is 9.55 Å². The molecule has 20 heavy (non-hydrogen) atoms. The van der Waals surface area contributed by atoms with Gasteiger partial charge in [-0.3, -0.25) is 4.79 Å². The Labute approximate surface area is 120 Å². The smallest absolute Gasteiger partial charge is 0.326 e. The van der Waals surface area contributed by atoms with Crippen LogP contribution in [0.3, 0.4) is 0 Å². The summed E-state index contributed by atoms with van der Waals surface area (Å²) in [5.41, 5.74) is 1.81. The minimum absolute atomic E-state index is 0.182. The molecule has 0 unspecified atom stereocenters. The van der Waals surface area contributed by atoms with Crippen LogP contribution in [-0.2, 0) is 16.1 Å². The Balaban J connectivity index is 2.11. The third-order valence-corrected chi connectivity index (χ3v) is 3.91. The van der Waals surface area contributed by atoms with E-state index < -0.39 is 0 Å². The first kappa shape index (κ1) is 12.9. The zero-order chi connectivity index (χ0) is 13.9. The van der Waals surface area contributed by atoms with Crippen LogP contribution in [0, 0.1) is 0 Å². The van der Waals surface area contributed by atoms with Crippen molar-refractivity contribution >= 4 is 28.3 Å². The van der Waals surface area contributed by atoms with Crippen LogP contribution in [0.15, 0.2) is 41.9 Å². The van der Waals surface area contributed by atoms with Crippen molar-refractivity contribution in [3.63, 3.8) is 0 Å². The standard InChI is InChI=1S/C15H14N2O2S/c1-2-19-14(18)10-17-12(13-6-4-8-20-13)9-11-5-3-7-16-15(11)17/h3-9H,2,10H2,1H3. The summed E-state index contributed by atoms with van der Waals surface area (Å²) in [6.45, 7) is 2.38. The SMILES string of the molecule is CCOC(=O)Cn1c(-c2cccs2)cc2cccnc21.